The predicted octanol–water partition coefficient (Wildman–Crippen LogP) is 1.95. The smallest absolute Gasteiger partial charge is 0.292 e. The third-order valence-electron chi connectivity index (χ3n) is 7.66. The molecule has 4 aliphatic rings. The molecule has 1 spiro atoms. The number of aliphatic hydroxyl groups is 2. The number of amides is 1. The van der Waals surface area contributed by atoms with Crippen molar-refractivity contribution < 1.29 is 24.5 Å². The molecule has 2 N–H and O–H groups in total. The zero-order valence-corrected chi connectivity index (χ0v) is 19.9. The lowest BCUT2D eigenvalue weighted by atomic mass is 10.00. The van der Waals surface area contributed by atoms with Crippen molar-refractivity contribution in [1.29, 1.82) is 0 Å². The van der Waals surface area contributed by atoms with E-state index >= 15 is 0 Å². The Morgan fingerprint density at radius 3 is 2.37 bits per heavy atom. The van der Waals surface area contributed by atoms with Gasteiger partial charge >= 0.3 is 0 Å². The Morgan fingerprint density at radius 1 is 0.971 bits per heavy atom. The molecule has 186 valence electrons. The van der Waals surface area contributed by atoms with Crippen LogP contribution >= 0.6 is 0 Å². The Morgan fingerprint density at radius 2 is 1.69 bits per heavy atom. The number of ether oxygens (including phenoxy) is 2. The molecule has 2 aromatic carbocycles. The lowest BCUT2D eigenvalue weighted by Gasteiger charge is -2.41. The lowest BCUT2D eigenvalue weighted by Crippen LogP contribution is -2.55. The van der Waals surface area contributed by atoms with E-state index in [1.807, 2.05) is 24.3 Å². The van der Waals surface area contributed by atoms with Crippen LogP contribution in [0, 0.1) is 5.92 Å². The van der Waals surface area contributed by atoms with Crippen molar-refractivity contribution in [3.63, 3.8) is 0 Å². The van der Waals surface area contributed by atoms with Crippen molar-refractivity contribution >= 4 is 11.6 Å². The summed E-state index contributed by atoms with van der Waals surface area (Å²) in [6, 6.07) is 15.5. The van der Waals surface area contributed by atoms with Crippen LogP contribution in [0.15, 0.2) is 48.5 Å². The van der Waals surface area contributed by atoms with Crippen LogP contribution in [0.5, 0.6) is 0 Å². The molecule has 8 nitrogen and oxygen atoms in total. The third kappa shape index (κ3) is 4.18. The summed E-state index contributed by atoms with van der Waals surface area (Å²) in [7, 11) is 0. The van der Waals surface area contributed by atoms with E-state index in [-0.39, 0.29) is 5.91 Å². The number of anilines is 1. The highest BCUT2D eigenvalue weighted by molar-refractivity contribution is 6.06. The molecule has 0 bridgehead atoms. The molecule has 0 atom stereocenters. The summed E-state index contributed by atoms with van der Waals surface area (Å²) in [5, 5.41) is 22.5. The van der Waals surface area contributed by atoms with E-state index in [1.54, 1.807) is 21.9 Å². The molecule has 3 aliphatic heterocycles. The van der Waals surface area contributed by atoms with Crippen LogP contribution in [-0.4, -0.2) is 71.9 Å². The fourth-order valence-electron chi connectivity index (χ4n) is 5.44. The molecule has 0 unspecified atom stereocenters. The number of carbonyl (C=O) groups is 1. The van der Waals surface area contributed by atoms with E-state index in [4.69, 9.17) is 9.47 Å². The van der Waals surface area contributed by atoms with Crippen molar-refractivity contribution in [1.82, 2.24) is 9.80 Å². The quantitative estimate of drug-likeness (QED) is 0.613. The fourth-order valence-corrected chi connectivity index (χ4v) is 5.44. The number of rotatable bonds is 6. The molecule has 3 fully saturated rings. The first kappa shape index (κ1) is 23.1. The number of benzene rings is 2. The van der Waals surface area contributed by atoms with Gasteiger partial charge in [0.05, 0.1) is 18.9 Å². The van der Waals surface area contributed by atoms with E-state index < -0.39 is 11.7 Å². The summed E-state index contributed by atoms with van der Waals surface area (Å²) in [6.07, 6.45) is 2.97. The van der Waals surface area contributed by atoms with Crippen molar-refractivity contribution in [3.8, 4) is 0 Å². The first-order valence-electron chi connectivity index (χ1n) is 12.7. The molecule has 1 amide bonds. The molecule has 1 saturated carbocycles. The Kier molecular flexibility index (Phi) is 5.91. The second-order valence-electron chi connectivity index (χ2n) is 10.1. The van der Waals surface area contributed by atoms with Crippen molar-refractivity contribution in [2.24, 2.45) is 5.92 Å². The van der Waals surface area contributed by atoms with Gasteiger partial charge in [-0.15, -0.1) is 0 Å². The number of hydrogen-bond donors (Lipinski definition) is 2. The average molecular weight is 480 g/mol. The highest BCUT2D eigenvalue weighted by Crippen LogP contribution is 2.48. The Balaban J connectivity index is 1.23. The maximum atomic E-state index is 13.5. The average Bonchev–Trinajstić information content (AvgIpc) is 3.69. The summed E-state index contributed by atoms with van der Waals surface area (Å²) in [6.45, 7) is 4.83. The van der Waals surface area contributed by atoms with E-state index in [9.17, 15) is 15.0 Å². The molecule has 8 heteroatoms. The topological polar surface area (TPSA) is 85.7 Å². The van der Waals surface area contributed by atoms with Gasteiger partial charge in [-0.3, -0.25) is 9.69 Å². The van der Waals surface area contributed by atoms with Gasteiger partial charge in [-0.25, -0.2) is 4.90 Å². The first-order chi connectivity index (χ1) is 17.0. The van der Waals surface area contributed by atoms with Crippen molar-refractivity contribution in [3.05, 3.63) is 65.2 Å². The second kappa shape index (κ2) is 8.96. The van der Waals surface area contributed by atoms with Gasteiger partial charge in [0.2, 0.25) is 0 Å². The van der Waals surface area contributed by atoms with Crippen molar-refractivity contribution in [2.75, 3.05) is 50.8 Å². The molecule has 3 heterocycles. The minimum Gasteiger partial charge on any atom is -0.349 e. The molecule has 2 saturated heterocycles. The Hall–Kier alpha value is -2.33. The van der Waals surface area contributed by atoms with Gasteiger partial charge < -0.3 is 24.6 Å². The van der Waals surface area contributed by atoms with Crippen LogP contribution in [0.1, 0.15) is 36.0 Å². The molecule has 0 radical (unpaired) electrons. The summed E-state index contributed by atoms with van der Waals surface area (Å²) in [4.78, 5) is 19.3. The minimum atomic E-state index is -2.16. The maximum Gasteiger partial charge on any atom is 0.292 e. The van der Waals surface area contributed by atoms with E-state index in [1.165, 1.54) is 5.56 Å². The zero-order chi connectivity index (χ0) is 24.0. The Bertz CT molecular complexity index is 1070. The highest BCUT2D eigenvalue weighted by Gasteiger charge is 2.56. The highest BCUT2D eigenvalue weighted by atomic mass is 16.7. The van der Waals surface area contributed by atoms with E-state index in [2.05, 4.69) is 17.0 Å². The third-order valence-corrected chi connectivity index (χ3v) is 7.66. The zero-order valence-electron chi connectivity index (χ0n) is 19.9. The normalized spacial score (nSPS) is 23.1. The second-order valence-corrected chi connectivity index (χ2v) is 10.1. The standard InChI is InChI=1S/C27H33N3O5/c31-25-26(34-15-4-16-35-26)23-17-22(9-10-24(23)30(25)19-21-7-8-21)27(32,33)29-13-11-28(12-14-29)18-20-5-2-1-3-6-20/h1-3,5-6,9-10,17,21,32-33H,4,7-8,11-16,18-19H2. The van der Waals surface area contributed by atoms with Gasteiger partial charge in [0, 0.05) is 50.4 Å². The predicted molar refractivity (Wildman–Crippen MR) is 129 cm³/mol. The van der Waals surface area contributed by atoms with Gasteiger partial charge in [-0.2, -0.15) is 0 Å². The van der Waals surface area contributed by atoms with Crippen LogP contribution < -0.4 is 4.90 Å². The number of fused-ring (bicyclic) bond motifs is 2. The molecule has 2 aromatic rings. The summed E-state index contributed by atoms with van der Waals surface area (Å²) in [5.74, 6) is -3.33. The van der Waals surface area contributed by atoms with Gasteiger partial charge in [-0.05, 0) is 42.9 Å². The van der Waals surface area contributed by atoms with Crippen LogP contribution in [0.2, 0.25) is 0 Å². The van der Waals surface area contributed by atoms with Gasteiger partial charge in [0.1, 0.15) is 0 Å². The molecular formula is C27H33N3O5. The van der Waals surface area contributed by atoms with E-state index in [0.717, 1.165) is 44.6 Å². The number of piperazine rings is 1. The van der Waals surface area contributed by atoms with Crippen LogP contribution in [-0.2, 0) is 32.5 Å². The van der Waals surface area contributed by atoms with Gasteiger partial charge in [-0.1, -0.05) is 36.4 Å². The lowest BCUT2D eigenvalue weighted by molar-refractivity contribution is -0.281. The summed E-state index contributed by atoms with van der Waals surface area (Å²) < 4.78 is 12.0. The first-order valence-corrected chi connectivity index (χ1v) is 12.7. The molecule has 1 aliphatic carbocycles. The van der Waals surface area contributed by atoms with Crippen molar-refractivity contribution in [2.45, 2.75) is 37.5 Å². The molecule has 6 rings (SSSR count). The minimum absolute atomic E-state index is 0.202. The van der Waals surface area contributed by atoms with Crippen LogP contribution in [0.25, 0.3) is 0 Å². The van der Waals surface area contributed by atoms with Gasteiger partial charge in [0.25, 0.3) is 17.6 Å². The maximum absolute atomic E-state index is 13.5. The monoisotopic (exact) mass is 479 g/mol. The number of carbonyl (C=O) groups excluding carboxylic acids is 1. The molecule has 0 aromatic heterocycles. The van der Waals surface area contributed by atoms with E-state index in [0.29, 0.717) is 49.9 Å². The fraction of sp³-hybridized carbons (Fsp3) is 0.519. The van der Waals surface area contributed by atoms with Gasteiger partial charge in [0.15, 0.2) is 0 Å². The number of hydrogen-bond acceptors (Lipinski definition) is 7. The largest absolute Gasteiger partial charge is 0.349 e. The molecule has 35 heavy (non-hydrogen) atoms. The van der Waals surface area contributed by atoms with Crippen LogP contribution in [0.4, 0.5) is 5.69 Å². The summed E-state index contributed by atoms with van der Waals surface area (Å²) >= 11 is 0. The Labute approximate surface area is 205 Å². The molecular weight excluding hydrogens is 446 g/mol. The van der Waals surface area contributed by atoms with Crippen LogP contribution in [0.3, 0.4) is 0 Å². The number of nitrogens with zero attached hydrogens (tertiary/aromatic N) is 3. The SMILES string of the molecule is O=C1N(CC2CC2)c2ccc(C(O)(O)N3CCN(Cc4ccccc4)CC3)cc2C12OCCCO2. The summed E-state index contributed by atoms with van der Waals surface area (Å²) in [5.41, 5.74) is 2.90.